The Kier molecular flexibility index (Phi) is 5.90. The molecule has 2 heterocycles. The van der Waals surface area contributed by atoms with Crippen molar-refractivity contribution in [1.29, 1.82) is 0 Å². The van der Waals surface area contributed by atoms with Crippen molar-refractivity contribution >= 4 is 11.8 Å². The zero-order valence-electron chi connectivity index (χ0n) is 15.8. The molecule has 0 amide bonds. The molecule has 0 saturated carbocycles. The third-order valence-electron chi connectivity index (χ3n) is 4.95. The minimum Gasteiger partial charge on any atom is -0.359 e. The smallest absolute Gasteiger partial charge is 0.227 e. The Morgan fingerprint density at radius 2 is 2.00 bits per heavy atom. The first-order chi connectivity index (χ1) is 12.2. The molecule has 1 unspecified atom stereocenters. The maximum Gasteiger partial charge on any atom is 0.227 e. The second-order valence-electron chi connectivity index (χ2n) is 7.25. The predicted octanol–water partition coefficient (Wildman–Crippen LogP) is 4.62. The SMILES string of the molecule is CCCCN(C)c1cc(-c2ccccc2)nc(N2CCCC(C)C2)n1. The summed E-state index contributed by atoms with van der Waals surface area (Å²) >= 11 is 0. The highest BCUT2D eigenvalue weighted by Gasteiger charge is 2.20. The van der Waals surface area contributed by atoms with E-state index >= 15 is 0 Å². The fraction of sp³-hybridized carbons (Fsp3) is 0.524. The molecule has 0 aliphatic carbocycles. The molecule has 0 N–H and O–H groups in total. The summed E-state index contributed by atoms with van der Waals surface area (Å²) in [6, 6.07) is 12.6. The molecule has 1 aliphatic rings. The monoisotopic (exact) mass is 338 g/mol. The first kappa shape index (κ1) is 17.7. The summed E-state index contributed by atoms with van der Waals surface area (Å²) in [6.07, 6.45) is 4.90. The Bertz CT molecular complexity index is 671. The highest BCUT2D eigenvalue weighted by atomic mass is 15.3. The molecule has 1 aromatic carbocycles. The van der Waals surface area contributed by atoms with Crippen LogP contribution < -0.4 is 9.80 Å². The Morgan fingerprint density at radius 1 is 1.20 bits per heavy atom. The average molecular weight is 338 g/mol. The van der Waals surface area contributed by atoms with Crippen molar-refractivity contribution in [3.63, 3.8) is 0 Å². The molecular formula is C21H30N4. The molecule has 4 heteroatoms. The van der Waals surface area contributed by atoms with E-state index in [1.165, 1.54) is 25.7 Å². The van der Waals surface area contributed by atoms with Gasteiger partial charge in [0.1, 0.15) is 5.82 Å². The van der Waals surface area contributed by atoms with Crippen LogP contribution in [0.15, 0.2) is 36.4 Å². The highest BCUT2D eigenvalue weighted by molar-refractivity contribution is 5.65. The van der Waals surface area contributed by atoms with Crippen molar-refractivity contribution in [3.05, 3.63) is 36.4 Å². The molecule has 25 heavy (non-hydrogen) atoms. The predicted molar refractivity (Wildman–Crippen MR) is 106 cm³/mol. The van der Waals surface area contributed by atoms with E-state index in [1.54, 1.807) is 0 Å². The molecule has 3 rings (SSSR count). The fourth-order valence-corrected chi connectivity index (χ4v) is 3.40. The second kappa shape index (κ2) is 8.32. The van der Waals surface area contributed by atoms with E-state index in [9.17, 15) is 0 Å². The first-order valence-corrected chi connectivity index (χ1v) is 9.58. The lowest BCUT2D eigenvalue weighted by Gasteiger charge is -2.32. The topological polar surface area (TPSA) is 32.3 Å². The standard InChI is InChI=1S/C21H30N4/c1-4-5-13-24(3)20-15-19(18-11-7-6-8-12-18)22-21(23-20)25-14-9-10-17(2)16-25/h6-8,11-12,15,17H,4-5,9-10,13-14,16H2,1-3H3. The largest absolute Gasteiger partial charge is 0.359 e. The first-order valence-electron chi connectivity index (χ1n) is 9.58. The van der Waals surface area contributed by atoms with Gasteiger partial charge in [-0.1, -0.05) is 50.6 Å². The van der Waals surface area contributed by atoms with Gasteiger partial charge in [0.15, 0.2) is 0 Å². The second-order valence-corrected chi connectivity index (χ2v) is 7.25. The number of anilines is 2. The quantitative estimate of drug-likeness (QED) is 0.769. The number of benzene rings is 1. The van der Waals surface area contributed by atoms with Gasteiger partial charge in [0.2, 0.25) is 5.95 Å². The van der Waals surface area contributed by atoms with E-state index in [-0.39, 0.29) is 0 Å². The lowest BCUT2D eigenvalue weighted by atomic mass is 10.0. The lowest BCUT2D eigenvalue weighted by molar-refractivity contribution is 0.442. The zero-order chi connectivity index (χ0) is 17.6. The van der Waals surface area contributed by atoms with Crippen LogP contribution in [0.3, 0.4) is 0 Å². The third kappa shape index (κ3) is 4.50. The van der Waals surface area contributed by atoms with Crippen LogP contribution in [0.4, 0.5) is 11.8 Å². The van der Waals surface area contributed by atoms with Gasteiger partial charge in [-0.25, -0.2) is 4.98 Å². The van der Waals surface area contributed by atoms with E-state index < -0.39 is 0 Å². The van der Waals surface area contributed by atoms with Gasteiger partial charge in [0.05, 0.1) is 5.69 Å². The van der Waals surface area contributed by atoms with Crippen molar-refractivity contribution in [2.24, 2.45) is 5.92 Å². The van der Waals surface area contributed by atoms with Gasteiger partial charge < -0.3 is 9.80 Å². The minimum absolute atomic E-state index is 0.707. The van der Waals surface area contributed by atoms with Crippen LogP contribution in [-0.4, -0.2) is 36.6 Å². The van der Waals surface area contributed by atoms with Crippen LogP contribution in [0.5, 0.6) is 0 Å². The zero-order valence-corrected chi connectivity index (χ0v) is 15.8. The van der Waals surface area contributed by atoms with E-state index in [0.29, 0.717) is 5.92 Å². The molecule has 4 nitrogen and oxygen atoms in total. The van der Waals surface area contributed by atoms with Crippen molar-refractivity contribution < 1.29 is 0 Å². The molecule has 2 aromatic rings. The molecule has 0 spiro atoms. The summed E-state index contributed by atoms with van der Waals surface area (Å²) in [4.78, 5) is 14.4. The summed E-state index contributed by atoms with van der Waals surface area (Å²) in [5.41, 5.74) is 2.17. The summed E-state index contributed by atoms with van der Waals surface area (Å²) in [5, 5.41) is 0. The molecule has 0 radical (unpaired) electrons. The molecule has 1 atom stereocenters. The molecule has 1 fully saturated rings. The van der Waals surface area contributed by atoms with Gasteiger partial charge in [-0.15, -0.1) is 0 Å². The number of rotatable bonds is 6. The number of hydrogen-bond acceptors (Lipinski definition) is 4. The maximum absolute atomic E-state index is 4.91. The van der Waals surface area contributed by atoms with Crippen molar-refractivity contribution in [2.45, 2.75) is 39.5 Å². The number of aromatic nitrogens is 2. The van der Waals surface area contributed by atoms with Crippen LogP contribution in [0.2, 0.25) is 0 Å². The molecule has 1 saturated heterocycles. The van der Waals surface area contributed by atoms with E-state index in [4.69, 9.17) is 9.97 Å². The van der Waals surface area contributed by atoms with E-state index in [0.717, 1.165) is 42.7 Å². The molecule has 134 valence electrons. The van der Waals surface area contributed by atoms with Crippen LogP contribution in [0, 0.1) is 5.92 Å². The summed E-state index contributed by atoms with van der Waals surface area (Å²) in [7, 11) is 2.13. The fourth-order valence-electron chi connectivity index (χ4n) is 3.40. The Balaban J connectivity index is 1.96. The summed E-state index contributed by atoms with van der Waals surface area (Å²) in [6.45, 7) is 7.68. The van der Waals surface area contributed by atoms with Gasteiger partial charge >= 0.3 is 0 Å². The molecular weight excluding hydrogens is 308 g/mol. The molecule has 1 aliphatic heterocycles. The number of piperidine rings is 1. The number of nitrogens with zero attached hydrogens (tertiary/aromatic N) is 4. The average Bonchev–Trinajstić information content (AvgIpc) is 2.66. The van der Waals surface area contributed by atoms with Gasteiger partial charge in [-0.05, 0) is 25.2 Å². The highest BCUT2D eigenvalue weighted by Crippen LogP contribution is 2.27. The van der Waals surface area contributed by atoms with Crippen LogP contribution in [-0.2, 0) is 0 Å². The van der Waals surface area contributed by atoms with Crippen LogP contribution >= 0.6 is 0 Å². The van der Waals surface area contributed by atoms with Crippen molar-refractivity contribution in [2.75, 3.05) is 36.5 Å². The van der Waals surface area contributed by atoms with Gasteiger partial charge in [-0.3, -0.25) is 0 Å². The van der Waals surface area contributed by atoms with Crippen LogP contribution in [0.1, 0.15) is 39.5 Å². The number of unbranched alkanes of at least 4 members (excludes halogenated alkanes) is 1. The Labute approximate surface area is 151 Å². The van der Waals surface area contributed by atoms with Crippen LogP contribution in [0.25, 0.3) is 11.3 Å². The van der Waals surface area contributed by atoms with E-state index in [1.807, 2.05) is 6.07 Å². The molecule has 1 aromatic heterocycles. The molecule has 0 bridgehead atoms. The Hall–Kier alpha value is -2.10. The lowest BCUT2D eigenvalue weighted by Crippen LogP contribution is -2.36. The van der Waals surface area contributed by atoms with Gasteiger partial charge in [0.25, 0.3) is 0 Å². The summed E-state index contributed by atoms with van der Waals surface area (Å²) in [5.74, 6) is 2.61. The van der Waals surface area contributed by atoms with Gasteiger partial charge in [0, 0.05) is 38.3 Å². The van der Waals surface area contributed by atoms with E-state index in [2.05, 4.69) is 61.0 Å². The van der Waals surface area contributed by atoms with Gasteiger partial charge in [-0.2, -0.15) is 4.98 Å². The van der Waals surface area contributed by atoms with Crippen molar-refractivity contribution in [3.8, 4) is 11.3 Å². The number of hydrogen-bond donors (Lipinski definition) is 0. The van der Waals surface area contributed by atoms with Crippen molar-refractivity contribution in [1.82, 2.24) is 9.97 Å². The maximum atomic E-state index is 4.91. The summed E-state index contributed by atoms with van der Waals surface area (Å²) < 4.78 is 0. The minimum atomic E-state index is 0.707. The third-order valence-corrected chi connectivity index (χ3v) is 4.95. The Morgan fingerprint density at radius 3 is 2.72 bits per heavy atom. The normalized spacial score (nSPS) is 17.6.